The average Bonchev–Trinajstić information content (AvgIpc) is 1.94. The van der Waals surface area contributed by atoms with Crippen molar-refractivity contribution in [1.29, 1.82) is 0 Å². The fourth-order valence-electron chi connectivity index (χ4n) is 0. The van der Waals surface area contributed by atoms with Crippen LogP contribution in [0.1, 0.15) is 27.7 Å². The standard InChI is InChI=1S/4C2H4O2.Na.H2O3S.2H2O/c4*1-2(3)4;;1-4(2)3;;/h4*1H3,(H,3,4);;(H2,1,2,3);2*1H2/q;;;;+1;;;/p-1. The molecule has 0 heterocycles. The van der Waals surface area contributed by atoms with Crippen molar-refractivity contribution in [3.05, 3.63) is 0 Å². The zero-order valence-corrected chi connectivity index (χ0v) is 15.9. The molecule has 0 amide bonds. The van der Waals surface area contributed by atoms with E-state index in [1.165, 1.54) is 0 Å². The van der Waals surface area contributed by atoms with Gasteiger partial charge in [0.25, 0.3) is 23.9 Å². The van der Waals surface area contributed by atoms with Crippen LogP contribution < -0.4 is 29.6 Å². The average molecular weight is 380 g/mol. The van der Waals surface area contributed by atoms with Crippen LogP contribution in [0.2, 0.25) is 0 Å². The second-order valence-corrected chi connectivity index (χ2v) is 2.73. The zero-order valence-electron chi connectivity index (χ0n) is 13.1. The Bertz CT molecular complexity index is 217. The Hall–Kier alpha value is -1.13. The second-order valence-electron chi connectivity index (χ2n) is 2.29. The fraction of sp³-hybridized carbons (Fsp3) is 0.500. The van der Waals surface area contributed by atoms with Gasteiger partial charge in [0.1, 0.15) is 0 Å². The first-order valence-electron chi connectivity index (χ1n) is 4.23. The Morgan fingerprint density at radius 1 is 0.696 bits per heavy atom. The van der Waals surface area contributed by atoms with E-state index in [9.17, 15) is 0 Å². The third-order valence-electron chi connectivity index (χ3n) is 0. The van der Waals surface area contributed by atoms with Crippen LogP contribution in [0, 0.1) is 0 Å². The molecule has 0 saturated heterocycles. The second kappa shape index (κ2) is 42.8. The topological polar surface area (TPSA) is 273 Å². The molecule has 0 aliphatic rings. The third-order valence-corrected chi connectivity index (χ3v) is 0. The summed E-state index contributed by atoms with van der Waals surface area (Å²) in [5.74, 6) is -3.33. The maximum atomic E-state index is 9.00. The van der Waals surface area contributed by atoms with Gasteiger partial charge in [-0.15, -0.1) is 0 Å². The molecule has 9 N–H and O–H groups in total. The summed E-state index contributed by atoms with van der Waals surface area (Å²) in [6.07, 6.45) is 0. The van der Waals surface area contributed by atoms with Gasteiger partial charge in [0.05, 0.1) is 11.4 Å². The minimum absolute atomic E-state index is 0. The maximum Gasteiger partial charge on any atom is 1.00 e. The van der Waals surface area contributed by atoms with Crippen molar-refractivity contribution in [1.82, 2.24) is 0 Å². The van der Waals surface area contributed by atoms with Crippen molar-refractivity contribution >= 4 is 35.2 Å². The van der Waals surface area contributed by atoms with Crippen molar-refractivity contribution < 1.29 is 93.4 Å². The summed E-state index contributed by atoms with van der Waals surface area (Å²) in [7, 11) is 0. The van der Waals surface area contributed by atoms with Crippen LogP contribution in [0.4, 0.5) is 0 Å². The monoisotopic (exact) mass is 380 g/mol. The van der Waals surface area contributed by atoms with Crippen molar-refractivity contribution in [3.8, 4) is 0 Å². The van der Waals surface area contributed by atoms with E-state index in [0.717, 1.165) is 27.7 Å². The molecule has 0 aliphatic carbocycles. The maximum absolute atomic E-state index is 9.00. The molecule has 138 valence electrons. The van der Waals surface area contributed by atoms with Crippen LogP contribution in [0.25, 0.3) is 0 Å². The molecule has 0 saturated carbocycles. The predicted octanol–water partition coefficient (Wildman–Crippen LogP) is -4.94. The largest absolute Gasteiger partial charge is 1.00 e. The molecule has 0 spiro atoms. The molecule has 23 heavy (non-hydrogen) atoms. The predicted molar refractivity (Wildman–Crippen MR) is 72.0 cm³/mol. The molecule has 0 rings (SSSR count). The number of hydrogen-bond donors (Lipinski definition) is 5. The van der Waals surface area contributed by atoms with E-state index in [-0.39, 0.29) is 40.5 Å². The Kier molecular flexibility index (Phi) is 92.2. The van der Waals surface area contributed by atoms with E-state index in [1.807, 2.05) is 0 Å². The minimum atomic E-state index is -2.86. The summed E-state index contributed by atoms with van der Waals surface area (Å²) in [4.78, 5) is 36.0. The summed E-state index contributed by atoms with van der Waals surface area (Å²) < 4.78 is 24.1. The molecule has 0 radical (unpaired) electrons. The number of aliphatic carboxylic acids is 4. The summed E-state index contributed by atoms with van der Waals surface area (Å²) in [6, 6.07) is 0. The Balaban J connectivity index is -0.0000000197. The molecule has 1 atom stereocenters. The number of carboxylic acid groups (broad SMARTS) is 4. The summed E-state index contributed by atoms with van der Waals surface area (Å²) in [5, 5.41) is 29.7. The van der Waals surface area contributed by atoms with Gasteiger partial charge in [-0.25, -0.2) is 4.21 Å². The number of carboxylic acids is 4. The van der Waals surface area contributed by atoms with E-state index < -0.39 is 35.2 Å². The van der Waals surface area contributed by atoms with E-state index in [1.54, 1.807) is 0 Å². The van der Waals surface area contributed by atoms with E-state index in [0.29, 0.717) is 0 Å². The molecule has 1 unspecified atom stereocenters. The smallest absolute Gasteiger partial charge is 0.750 e. The molecule has 0 aromatic rings. The van der Waals surface area contributed by atoms with Gasteiger partial charge >= 0.3 is 29.6 Å². The van der Waals surface area contributed by atoms with Crippen LogP contribution in [0.15, 0.2) is 0 Å². The third kappa shape index (κ3) is 5820. The van der Waals surface area contributed by atoms with Gasteiger partial charge in [0.2, 0.25) is 0 Å². The van der Waals surface area contributed by atoms with Crippen molar-refractivity contribution in [3.63, 3.8) is 0 Å². The van der Waals surface area contributed by atoms with Gasteiger partial charge in [0, 0.05) is 27.7 Å². The summed E-state index contributed by atoms with van der Waals surface area (Å²) in [6.45, 7) is 4.33. The molecular formula is C8H21NaO13S. The molecular weight excluding hydrogens is 359 g/mol. The zero-order chi connectivity index (χ0) is 17.9. The number of hydrogen-bond acceptors (Lipinski definition) is 6. The number of rotatable bonds is 0. The van der Waals surface area contributed by atoms with E-state index in [2.05, 4.69) is 0 Å². The van der Waals surface area contributed by atoms with Crippen molar-refractivity contribution in [2.45, 2.75) is 27.7 Å². The molecule has 0 fully saturated rings. The van der Waals surface area contributed by atoms with Gasteiger partial charge in [-0.2, -0.15) is 0 Å². The quantitative estimate of drug-likeness (QED) is 0.196. The van der Waals surface area contributed by atoms with Crippen LogP contribution in [0.5, 0.6) is 0 Å². The van der Waals surface area contributed by atoms with Crippen LogP contribution >= 0.6 is 0 Å². The molecule has 0 aliphatic heterocycles. The fourth-order valence-corrected chi connectivity index (χ4v) is 0. The first-order chi connectivity index (χ1) is 8.66. The van der Waals surface area contributed by atoms with E-state index in [4.69, 9.17) is 52.9 Å². The van der Waals surface area contributed by atoms with Gasteiger partial charge in [-0.05, 0) is 0 Å². The van der Waals surface area contributed by atoms with Crippen LogP contribution in [-0.4, -0.2) is 68.6 Å². The molecule has 0 aromatic carbocycles. The van der Waals surface area contributed by atoms with Gasteiger partial charge in [0.15, 0.2) is 0 Å². The first kappa shape index (κ1) is 49.5. The normalized spacial score (nSPS) is 7.04. The summed E-state index contributed by atoms with van der Waals surface area (Å²) in [5.41, 5.74) is 0. The van der Waals surface area contributed by atoms with Gasteiger partial charge in [-0.3, -0.25) is 19.2 Å². The SMILES string of the molecule is CC(=O)O.CC(=O)O.CC(=O)O.CC(=O)O.O.O.O=S([O-])O.[Na+]. The first-order valence-corrected chi connectivity index (χ1v) is 5.26. The Labute approximate surface area is 156 Å². The number of carbonyl (C=O) groups is 4. The molecule has 13 nitrogen and oxygen atoms in total. The Morgan fingerprint density at radius 2 is 0.696 bits per heavy atom. The molecule has 0 bridgehead atoms. The van der Waals surface area contributed by atoms with Crippen LogP contribution in [0.3, 0.4) is 0 Å². The molecule has 0 aromatic heterocycles. The Morgan fingerprint density at radius 3 is 0.696 bits per heavy atom. The molecule has 15 heteroatoms. The summed E-state index contributed by atoms with van der Waals surface area (Å²) >= 11 is -2.86. The van der Waals surface area contributed by atoms with Gasteiger partial charge < -0.3 is 40.5 Å². The van der Waals surface area contributed by atoms with E-state index >= 15 is 0 Å². The van der Waals surface area contributed by atoms with Crippen LogP contribution in [-0.2, 0) is 30.5 Å². The minimum Gasteiger partial charge on any atom is -0.750 e. The van der Waals surface area contributed by atoms with Gasteiger partial charge in [-0.1, -0.05) is 0 Å². The van der Waals surface area contributed by atoms with Crippen molar-refractivity contribution in [2.24, 2.45) is 0 Å². The van der Waals surface area contributed by atoms with Crippen molar-refractivity contribution in [2.75, 3.05) is 0 Å².